The minimum absolute atomic E-state index is 0.0959. The summed E-state index contributed by atoms with van der Waals surface area (Å²) < 4.78 is 5.56. The van der Waals surface area contributed by atoms with Crippen LogP contribution in [0.15, 0.2) is 103 Å². The molecule has 0 aliphatic carbocycles. The van der Waals surface area contributed by atoms with Crippen molar-refractivity contribution in [3.63, 3.8) is 0 Å². The molecule has 33 heavy (non-hydrogen) atoms. The van der Waals surface area contributed by atoms with Crippen LogP contribution >= 0.6 is 0 Å². The fraction of sp³-hybridized carbons (Fsp3) is 0.214. The SMILES string of the molecule is O=C1CC(c2ccccc2)N(C(=O)OCc2ccccc2)C=C1C(O)CCc1ccccc1. The molecule has 0 bridgehead atoms. The Labute approximate surface area is 193 Å². The number of carbonyl (C=O) groups excluding carboxylic acids is 2. The van der Waals surface area contributed by atoms with Crippen LogP contribution in [0.25, 0.3) is 0 Å². The smallest absolute Gasteiger partial charge is 0.414 e. The highest BCUT2D eigenvalue weighted by molar-refractivity contribution is 5.98. The Hall–Kier alpha value is -3.70. The van der Waals surface area contributed by atoms with Crippen LogP contribution in [0.4, 0.5) is 4.79 Å². The van der Waals surface area contributed by atoms with E-state index < -0.39 is 18.2 Å². The summed E-state index contributed by atoms with van der Waals surface area (Å²) >= 11 is 0. The lowest BCUT2D eigenvalue weighted by Gasteiger charge is -2.33. The molecule has 168 valence electrons. The quantitative estimate of drug-likeness (QED) is 0.546. The highest BCUT2D eigenvalue weighted by Crippen LogP contribution is 2.33. The molecular weight excluding hydrogens is 414 g/mol. The first kappa shape index (κ1) is 22.5. The molecule has 0 saturated carbocycles. The van der Waals surface area contributed by atoms with E-state index in [-0.39, 0.29) is 24.4 Å². The third kappa shape index (κ3) is 5.76. The van der Waals surface area contributed by atoms with Gasteiger partial charge in [-0.15, -0.1) is 0 Å². The molecule has 1 aliphatic rings. The van der Waals surface area contributed by atoms with Gasteiger partial charge in [0.25, 0.3) is 0 Å². The van der Waals surface area contributed by atoms with E-state index in [9.17, 15) is 14.7 Å². The Bertz CT molecular complexity index is 1100. The first-order valence-corrected chi connectivity index (χ1v) is 11.1. The summed E-state index contributed by atoms with van der Waals surface area (Å²) in [5, 5.41) is 10.8. The number of ketones is 1. The molecule has 1 heterocycles. The fourth-order valence-electron chi connectivity index (χ4n) is 4.01. The molecule has 2 unspecified atom stereocenters. The van der Waals surface area contributed by atoms with Gasteiger partial charge in [0, 0.05) is 18.2 Å². The number of aliphatic hydroxyl groups excluding tert-OH is 1. The summed E-state index contributed by atoms with van der Waals surface area (Å²) in [5.74, 6) is -0.156. The van der Waals surface area contributed by atoms with E-state index in [1.165, 1.54) is 11.1 Å². The van der Waals surface area contributed by atoms with Crippen LogP contribution in [0.3, 0.4) is 0 Å². The summed E-state index contributed by atoms with van der Waals surface area (Å²) in [7, 11) is 0. The Kier molecular flexibility index (Phi) is 7.33. The zero-order valence-corrected chi connectivity index (χ0v) is 18.3. The second-order valence-electron chi connectivity index (χ2n) is 8.13. The monoisotopic (exact) mass is 441 g/mol. The Balaban J connectivity index is 1.54. The molecule has 1 N–H and O–H groups in total. The van der Waals surface area contributed by atoms with Crippen LogP contribution in [-0.4, -0.2) is 28.0 Å². The number of hydrogen-bond donors (Lipinski definition) is 1. The van der Waals surface area contributed by atoms with Gasteiger partial charge in [-0.05, 0) is 29.5 Å². The van der Waals surface area contributed by atoms with Gasteiger partial charge < -0.3 is 9.84 Å². The molecule has 3 aromatic rings. The molecule has 0 aromatic heterocycles. The van der Waals surface area contributed by atoms with Crippen LogP contribution in [0.1, 0.15) is 35.6 Å². The van der Waals surface area contributed by atoms with Gasteiger partial charge >= 0.3 is 6.09 Å². The van der Waals surface area contributed by atoms with Crippen molar-refractivity contribution in [2.75, 3.05) is 0 Å². The molecule has 5 nitrogen and oxygen atoms in total. The van der Waals surface area contributed by atoms with Crippen molar-refractivity contribution >= 4 is 11.9 Å². The van der Waals surface area contributed by atoms with Crippen molar-refractivity contribution in [3.05, 3.63) is 119 Å². The van der Waals surface area contributed by atoms with Gasteiger partial charge in [-0.2, -0.15) is 0 Å². The van der Waals surface area contributed by atoms with Crippen molar-refractivity contribution < 1.29 is 19.4 Å². The van der Waals surface area contributed by atoms with E-state index in [2.05, 4.69) is 0 Å². The van der Waals surface area contributed by atoms with E-state index in [0.717, 1.165) is 16.7 Å². The maximum atomic E-state index is 13.1. The van der Waals surface area contributed by atoms with E-state index in [4.69, 9.17) is 4.74 Å². The summed E-state index contributed by atoms with van der Waals surface area (Å²) in [6.07, 6.45) is 1.09. The minimum Gasteiger partial charge on any atom is -0.444 e. The lowest BCUT2D eigenvalue weighted by molar-refractivity contribution is -0.118. The molecule has 3 aromatic carbocycles. The summed E-state index contributed by atoms with van der Waals surface area (Å²) in [5.41, 5.74) is 3.05. The maximum absolute atomic E-state index is 13.1. The molecule has 4 rings (SSSR count). The normalized spacial score (nSPS) is 16.8. The van der Waals surface area contributed by atoms with E-state index >= 15 is 0 Å². The average Bonchev–Trinajstić information content (AvgIpc) is 2.87. The van der Waals surface area contributed by atoms with Gasteiger partial charge in [-0.1, -0.05) is 91.0 Å². The summed E-state index contributed by atoms with van der Waals surface area (Å²) in [6, 6.07) is 28.2. The molecule has 0 spiro atoms. The minimum atomic E-state index is -0.959. The number of carbonyl (C=O) groups is 2. The number of aliphatic hydroxyl groups is 1. The first-order valence-electron chi connectivity index (χ1n) is 11.1. The number of benzene rings is 3. The van der Waals surface area contributed by atoms with Crippen LogP contribution in [-0.2, 0) is 22.6 Å². The van der Waals surface area contributed by atoms with E-state index in [0.29, 0.717) is 12.8 Å². The Morgan fingerprint density at radius 1 is 0.909 bits per heavy atom. The predicted octanol–water partition coefficient (Wildman–Crippen LogP) is 5.22. The fourth-order valence-corrected chi connectivity index (χ4v) is 4.01. The van der Waals surface area contributed by atoms with Gasteiger partial charge in [-0.25, -0.2) is 4.79 Å². The Morgan fingerprint density at radius 2 is 1.48 bits per heavy atom. The van der Waals surface area contributed by atoms with E-state index in [1.54, 1.807) is 0 Å². The topological polar surface area (TPSA) is 66.8 Å². The molecule has 0 saturated heterocycles. The van der Waals surface area contributed by atoms with Crippen LogP contribution < -0.4 is 0 Å². The van der Waals surface area contributed by atoms with Crippen LogP contribution in [0.2, 0.25) is 0 Å². The third-order valence-electron chi connectivity index (χ3n) is 5.82. The first-order chi connectivity index (χ1) is 16.1. The zero-order chi connectivity index (χ0) is 23.0. The maximum Gasteiger partial charge on any atom is 0.414 e. The van der Waals surface area contributed by atoms with Gasteiger partial charge in [0.15, 0.2) is 5.78 Å². The second kappa shape index (κ2) is 10.7. The van der Waals surface area contributed by atoms with Gasteiger partial charge in [-0.3, -0.25) is 9.69 Å². The van der Waals surface area contributed by atoms with E-state index in [1.807, 2.05) is 91.0 Å². The van der Waals surface area contributed by atoms with Crippen LogP contribution in [0, 0.1) is 0 Å². The molecular formula is C28H27NO4. The van der Waals surface area contributed by atoms with Gasteiger partial charge in [0.1, 0.15) is 6.61 Å². The number of aryl methyl sites for hydroxylation is 1. The third-order valence-corrected chi connectivity index (χ3v) is 5.82. The standard InChI is InChI=1S/C28H27NO4/c30-26(17-16-21-10-4-1-5-11-21)24-19-29(28(32)33-20-22-12-6-2-7-13-22)25(18-27(24)31)23-14-8-3-9-15-23/h1-15,19,25-26,30H,16-18,20H2. The number of ether oxygens (including phenoxy) is 1. The second-order valence-corrected chi connectivity index (χ2v) is 8.13. The lowest BCUT2D eigenvalue weighted by Crippen LogP contribution is -2.38. The largest absolute Gasteiger partial charge is 0.444 e. The number of hydrogen-bond acceptors (Lipinski definition) is 4. The van der Waals surface area contributed by atoms with Crippen molar-refractivity contribution in [2.45, 2.75) is 38.0 Å². The van der Waals surface area contributed by atoms with Gasteiger partial charge in [0.2, 0.25) is 0 Å². The van der Waals surface area contributed by atoms with Crippen LogP contribution in [0.5, 0.6) is 0 Å². The van der Waals surface area contributed by atoms with Crippen molar-refractivity contribution in [1.29, 1.82) is 0 Å². The summed E-state index contributed by atoms with van der Waals surface area (Å²) in [6.45, 7) is 0.130. The van der Waals surface area contributed by atoms with Crippen molar-refractivity contribution in [2.24, 2.45) is 0 Å². The highest BCUT2D eigenvalue weighted by Gasteiger charge is 2.35. The Morgan fingerprint density at radius 3 is 2.12 bits per heavy atom. The number of rotatable bonds is 7. The molecule has 1 aliphatic heterocycles. The predicted molar refractivity (Wildman–Crippen MR) is 126 cm³/mol. The molecule has 1 amide bonds. The molecule has 2 atom stereocenters. The van der Waals surface area contributed by atoms with Crippen molar-refractivity contribution in [3.8, 4) is 0 Å². The number of nitrogens with zero attached hydrogens (tertiary/aromatic N) is 1. The zero-order valence-electron chi connectivity index (χ0n) is 18.3. The molecule has 0 radical (unpaired) electrons. The summed E-state index contributed by atoms with van der Waals surface area (Å²) in [4.78, 5) is 27.5. The molecule has 5 heteroatoms. The highest BCUT2D eigenvalue weighted by atomic mass is 16.6. The van der Waals surface area contributed by atoms with Crippen molar-refractivity contribution in [1.82, 2.24) is 4.90 Å². The number of Topliss-reactive ketones (excluding diaryl/α,β-unsaturated/α-hetero) is 1. The lowest BCUT2D eigenvalue weighted by atomic mass is 9.89. The van der Waals surface area contributed by atoms with Gasteiger partial charge in [0.05, 0.1) is 12.1 Å². The molecule has 0 fully saturated rings. The number of amides is 1. The average molecular weight is 442 g/mol.